The minimum atomic E-state index is -1.17. The van der Waals surface area contributed by atoms with Gasteiger partial charge in [-0.3, -0.25) is 9.59 Å². The first-order valence-corrected chi connectivity index (χ1v) is 12.9. The summed E-state index contributed by atoms with van der Waals surface area (Å²) in [5.41, 5.74) is 2.31. The predicted molar refractivity (Wildman–Crippen MR) is 144 cm³/mol. The highest BCUT2D eigenvalue weighted by Gasteiger charge is 2.20. The van der Waals surface area contributed by atoms with E-state index in [1.807, 2.05) is 48.7 Å². The summed E-state index contributed by atoms with van der Waals surface area (Å²) in [5, 5.41) is 17.1. The summed E-state index contributed by atoms with van der Waals surface area (Å²) in [4.78, 5) is 42.4. The molecule has 0 saturated carbocycles. The van der Waals surface area contributed by atoms with Gasteiger partial charge < -0.3 is 15.7 Å². The van der Waals surface area contributed by atoms with Crippen molar-refractivity contribution in [2.24, 2.45) is 0 Å². The van der Waals surface area contributed by atoms with Crippen molar-refractivity contribution >= 4 is 51.7 Å². The Bertz CT molecular complexity index is 1390. The molecule has 0 saturated heterocycles. The number of nitrogens with zero attached hydrogens (tertiary/aromatic N) is 1. The molecule has 1 atom stereocenters. The number of nitrogens with one attached hydrogen (secondary N) is 2. The van der Waals surface area contributed by atoms with Crippen LogP contribution in [0, 0.1) is 0 Å². The van der Waals surface area contributed by atoms with E-state index in [0.717, 1.165) is 16.2 Å². The molecule has 0 aliphatic heterocycles. The van der Waals surface area contributed by atoms with Gasteiger partial charge >= 0.3 is 5.97 Å². The SMILES string of the molecule is CCC(Sc1cccc(NC(=O)c2ccccc2C(=O)O)c1)C(=O)Nc1nc(-c2ccccc2)cs1. The number of thioether (sulfide) groups is 1. The average Bonchev–Trinajstić information content (AvgIpc) is 3.36. The van der Waals surface area contributed by atoms with Gasteiger partial charge in [0.1, 0.15) is 0 Å². The first-order valence-electron chi connectivity index (χ1n) is 11.2. The maximum atomic E-state index is 13.0. The Labute approximate surface area is 216 Å². The number of benzene rings is 3. The normalized spacial score (nSPS) is 11.5. The Morgan fingerprint density at radius 2 is 1.67 bits per heavy atom. The molecule has 9 heteroatoms. The van der Waals surface area contributed by atoms with Gasteiger partial charge in [0.25, 0.3) is 5.91 Å². The van der Waals surface area contributed by atoms with Crippen LogP contribution in [0.2, 0.25) is 0 Å². The Morgan fingerprint density at radius 3 is 2.39 bits per heavy atom. The van der Waals surface area contributed by atoms with Crippen LogP contribution in [-0.2, 0) is 4.79 Å². The number of hydrogen-bond acceptors (Lipinski definition) is 6. The van der Waals surface area contributed by atoms with E-state index in [1.54, 1.807) is 30.3 Å². The van der Waals surface area contributed by atoms with Crippen LogP contribution in [0.3, 0.4) is 0 Å². The molecular weight excluding hydrogens is 494 g/mol. The van der Waals surface area contributed by atoms with Gasteiger partial charge in [-0.1, -0.05) is 55.5 Å². The van der Waals surface area contributed by atoms with E-state index in [-0.39, 0.29) is 22.3 Å². The number of carbonyl (C=O) groups excluding carboxylic acids is 2. The van der Waals surface area contributed by atoms with Gasteiger partial charge in [0.05, 0.1) is 22.1 Å². The van der Waals surface area contributed by atoms with E-state index in [1.165, 1.54) is 35.2 Å². The van der Waals surface area contributed by atoms with Crippen molar-refractivity contribution < 1.29 is 19.5 Å². The lowest BCUT2D eigenvalue weighted by molar-refractivity contribution is -0.115. The maximum Gasteiger partial charge on any atom is 0.336 e. The van der Waals surface area contributed by atoms with Crippen LogP contribution in [0.4, 0.5) is 10.8 Å². The molecule has 7 nitrogen and oxygen atoms in total. The summed E-state index contributed by atoms with van der Waals surface area (Å²) in [6, 6.07) is 22.9. The summed E-state index contributed by atoms with van der Waals surface area (Å²) in [6.07, 6.45) is 0.593. The third-order valence-electron chi connectivity index (χ3n) is 5.24. The average molecular weight is 518 g/mol. The minimum Gasteiger partial charge on any atom is -0.478 e. The predicted octanol–water partition coefficient (Wildman–Crippen LogP) is 6.27. The summed E-state index contributed by atoms with van der Waals surface area (Å²) in [6.45, 7) is 1.93. The topological polar surface area (TPSA) is 108 Å². The molecule has 0 spiro atoms. The summed E-state index contributed by atoms with van der Waals surface area (Å²) >= 11 is 2.76. The lowest BCUT2D eigenvalue weighted by atomic mass is 10.1. The van der Waals surface area contributed by atoms with Crippen molar-refractivity contribution in [1.82, 2.24) is 4.98 Å². The standard InChI is InChI=1S/C27H23N3O4S2/c1-2-23(25(32)30-27-29-22(16-35-27)17-9-4-3-5-10-17)36-19-12-8-11-18(15-19)28-24(31)20-13-6-7-14-21(20)26(33)34/h3-16,23H,2H2,1H3,(H,28,31)(H,33,34)(H,29,30,32). The number of hydrogen-bond donors (Lipinski definition) is 3. The van der Waals surface area contributed by atoms with Gasteiger partial charge in [0.2, 0.25) is 5.91 Å². The smallest absolute Gasteiger partial charge is 0.336 e. The van der Waals surface area contributed by atoms with Crippen LogP contribution in [-0.4, -0.2) is 33.1 Å². The lowest BCUT2D eigenvalue weighted by Crippen LogP contribution is -2.24. The molecule has 36 heavy (non-hydrogen) atoms. The van der Waals surface area contributed by atoms with E-state index in [0.29, 0.717) is 17.2 Å². The van der Waals surface area contributed by atoms with Crippen molar-refractivity contribution in [3.8, 4) is 11.3 Å². The highest BCUT2D eigenvalue weighted by atomic mass is 32.2. The molecule has 1 heterocycles. The van der Waals surface area contributed by atoms with Gasteiger partial charge in [-0.25, -0.2) is 9.78 Å². The fourth-order valence-electron chi connectivity index (χ4n) is 3.46. The van der Waals surface area contributed by atoms with Crippen LogP contribution in [0.25, 0.3) is 11.3 Å². The van der Waals surface area contributed by atoms with Crippen molar-refractivity contribution in [3.63, 3.8) is 0 Å². The zero-order chi connectivity index (χ0) is 25.5. The first-order chi connectivity index (χ1) is 17.4. The highest BCUT2D eigenvalue weighted by Crippen LogP contribution is 2.30. The van der Waals surface area contributed by atoms with E-state index in [2.05, 4.69) is 15.6 Å². The second kappa shape index (κ2) is 11.7. The third-order valence-corrected chi connectivity index (χ3v) is 7.36. The molecule has 0 aliphatic rings. The first kappa shape index (κ1) is 25.2. The van der Waals surface area contributed by atoms with Crippen molar-refractivity contribution in [2.45, 2.75) is 23.5 Å². The van der Waals surface area contributed by atoms with Crippen LogP contribution < -0.4 is 10.6 Å². The number of amides is 2. The summed E-state index contributed by atoms with van der Waals surface area (Å²) in [5.74, 6) is -1.84. The van der Waals surface area contributed by atoms with Crippen LogP contribution in [0.1, 0.15) is 34.1 Å². The number of carboxylic acid groups (broad SMARTS) is 1. The van der Waals surface area contributed by atoms with E-state index in [4.69, 9.17) is 0 Å². The van der Waals surface area contributed by atoms with E-state index in [9.17, 15) is 19.5 Å². The molecule has 0 bridgehead atoms. The molecule has 4 aromatic rings. The van der Waals surface area contributed by atoms with Gasteiger partial charge in [0.15, 0.2) is 5.13 Å². The van der Waals surface area contributed by atoms with E-state index >= 15 is 0 Å². The number of aromatic nitrogens is 1. The molecule has 2 amide bonds. The van der Waals surface area contributed by atoms with Gasteiger partial charge in [-0.05, 0) is 36.8 Å². The number of aromatic carboxylic acids is 1. The fourth-order valence-corrected chi connectivity index (χ4v) is 5.19. The second-order valence-electron chi connectivity index (χ2n) is 7.74. The lowest BCUT2D eigenvalue weighted by Gasteiger charge is -2.14. The largest absolute Gasteiger partial charge is 0.478 e. The van der Waals surface area contributed by atoms with Gasteiger partial charge in [0, 0.05) is 21.5 Å². The number of carboxylic acids is 1. The number of carbonyl (C=O) groups is 3. The summed E-state index contributed by atoms with van der Waals surface area (Å²) < 4.78 is 0. The van der Waals surface area contributed by atoms with Crippen molar-refractivity contribution in [3.05, 3.63) is 95.4 Å². The molecule has 0 fully saturated rings. The number of rotatable bonds is 9. The fraction of sp³-hybridized carbons (Fsp3) is 0.111. The Morgan fingerprint density at radius 1 is 0.944 bits per heavy atom. The Balaban J connectivity index is 1.42. The quantitative estimate of drug-likeness (QED) is 0.226. The Kier molecular flexibility index (Phi) is 8.14. The molecule has 0 radical (unpaired) electrons. The zero-order valence-corrected chi connectivity index (χ0v) is 20.9. The highest BCUT2D eigenvalue weighted by molar-refractivity contribution is 8.00. The molecule has 1 unspecified atom stereocenters. The molecule has 182 valence electrons. The van der Waals surface area contributed by atoms with Gasteiger partial charge in [-0.15, -0.1) is 23.1 Å². The third kappa shape index (κ3) is 6.18. The van der Waals surface area contributed by atoms with E-state index < -0.39 is 11.9 Å². The maximum absolute atomic E-state index is 13.0. The van der Waals surface area contributed by atoms with Crippen LogP contribution in [0.5, 0.6) is 0 Å². The van der Waals surface area contributed by atoms with Crippen LogP contribution >= 0.6 is 23.1 Å². The molecule has 3 aromatic carbocycles. The molecule has 1 aromatic heterocycles. The number of anilines is 2. The van der Waals surface area contributed by atoms with Gasteiger partial charge in [-0.2, -0.15) is 0 Å². The Hall–Kier alpha value is -3.95. The van der Waals surface area contributed by atoms with Crippen molar-refractivity contribution in [2.75, 3.05) is 10.6 Å². The monoisotopic (exact) mass is 517 g/mol. The molecule has 4 rings (SSSR count). The second-order valence-corrected chi connectivity index (χ2v) is 9.87. The zero-order valence-electron chi connectivity index (χ0n) is 19.3. The minimum absolute atomic E-state index is 0.0687. The molecule has 3 N–H and O–H groups in total. The van der Waals surface area contributed by atoms with Crippen molar-refractivity contribution in [1.29, 1.82) is 0 Å². The molecular formula is C27H23N3O4S2. The summed E-state index contributed by atoms with van der Waals surface area (Å²) in [7, 11) is 0. The number of thiazole rings is 1. The van der Waals surface area contributed by atoms with Crippen LogP contribution in [0.15, 0.2) is 89.1 Å². The molecule has 0 aliphatic carbocycles.